The van der Waals surface area contributed by atoms with Crippen LogP contribution in [0.25, 0.3) is 0 Å². The molecule has 2 rings (SSSR count). The quantitative estimate of drug-likeness (QED) is 0.766. The zero-order chi connectivity index (χ0) is 18.0. The normalized spacial score (nSPS) is 36.5. The van der Waals surface area contributed by atoms with Gasteiger partial charge in [-0.05, 0) is 40.5 Å². The lowest BCUT2D eigenvalue weighted by molar-refractivity contribution is 0.00578. The summed E-state index contributed by atoms with van der Waals surface area (Å²) in [7, 11) is -0.373. The molecule has 3 nitrogen and oxygen atoms in total. The number of rotatable bonds is 2. The zero-order valence-corrected chi connectivity index (χ0v) is 15.8. The van der Waals surface area contributed by atoms with E-state index in [9.17, 15) is 5.11 Å². The summed E-state index contributed by atoms with van der Waals surface area (Å²) >= 11 is 0. The maximum absolute atomic E-state index is 10.0. The third-order valence-electron chi connectivity index (χ3n) is 5.46. The molecule has 24 heavy (non-hydrogen) atoms. The van der Waals surface area contributed by atoms with Crippen molar-refractivity contribution >= 4 is 7.12 Å². The van der Waals surface area contributed by atoms with Crippen LogP contribution < -0.4 is 0 Å². The van der Waals surface area contributed by atoms with Crippen LogP contribution in [0.15, 0.2) is 48.1 Å². The molecule has 1 N–H and O–H groups in total. The third-order valence-corrected chi connectivity index (χ3v) is 5.46. The van der Waals surface area contributed by atoms with Gasteiger partial charge in [0.2, 0.25) is 0 Å². The molecule has 2 aliphatic rings. The van der Waals surface area contributed by atoms with E-state index in [4.69, 9.17) is 9.31 Å². The van der Waals surface area contributed by atoms with Crippen molar-refractivity contribution in [3.8, 4) is 0 Å². The van der Waals surface area contributed by atoms with E-state index in [0.29, 0.717) is 5.92 Å². The minimum Gasteiger partial charge on any atom is -0.403 e. The molecule has 0 spiro atoms. The largest absolute Gasteiger partial charge is 0.465 e. The van der Waals surface area contributed by atoms with E-state index in [2.05, 4.69) is 78.0 Å². The van der Waals surface area contributed by atoms with Gasteiger partial charge in [0.25, 0.3) is 0 Å². The molecule has 0 saturated carbocycles. The van der Waals surface area contributed by atoms with Crippen LogP contribution in [0.2, 0.25) is 5.82 Å². The summed E-state index contributed by atoms with van der Waals surface area (Å²) in [4.78, 5) is 0. The van der Waals surface area contributed by atoms with Gasteiger partial charge in [0.1, 0.15) is 0 Å². The highest BCUT2D eigenvalue weighted by atomic mass is 16.7. The lowest BCUT2D eigenvalue weighted by Gasteiger charge is -2.32. The molecule has 0 radical (unpaired) electrons. The number of aliphatic hydroxyl groups is 1. The van der Waals surface area contributed by atoms with E-state index in [1.54, 1.807) is 0 Å². The van der Waals surface area contributed by atoms with Crippen LogP contribution in [-0.2, 0) is 9.31 Å². The van der Waals surface area contributed by atoms with Crippen LogP contribution in [0.3, 0.4) is 0 Å². The maximum atomic E-state index is 10.0. The molecule has 0 aromatic heterocycles. The van der Waals surface area contributed by atoms with Gasteiger partial charge in [0, 0.05) is 18.3 Å². The molecule has 0 amide bonds. The summed E-state index contributed by atoms with van der Waals surface area (Å²) in [6.45, 7) is 12.5. The van der Waals surface area contributed by atoms with Gasteiger partial charge in [-0.25, -0.2) is 0 Å². The van der Waals surface area contributed by atoms with Crippen LogP contribution in [0.4, 0.5) is 0 Å². The Kier molecular flexibility index (Phi) is 5.95. The van der Waals surface area contributed by atoms with E-state index in [0.717, 1.165) is 5.57 Å². The minimum atomic E-state index is -0.375. The zero-order valence-electron chi connectivity index (χ0n) is 15.8. The molecule has 1 heterocycles. The first-order valence-corrected chi connectivity index (χ1v) is 8.84. The Hall–Kier alpha value is -1.10. The Morgan fingerprint density at radius 1 is 1.00 bits per heavy atom. The smallest absolute Gasteiger partial charge is 0.403 e. The Bertz CT molecular complexity index is 541. The molecule has 4 heteroatoms. The van der Waals surface area contributed by atoms with Crippen molar-refractivity contribution in [2.24, 2.45) is 11.8 Å². The standard InChI is InChI=1S/C20H31BO3/c1-15-10-7-8-13-18(17(14-22)16(2)12-9-11-15)21-23-19(3,4)20(5,6)24-21/h7-13,15,17-18,22H,14H2,1-6H3/b10-7-,11-9-,13-8-,16-12?/t15?,17?,18-/m0/s1. The monoisotopic (exact) mass is 330 g/mol. The molecule has 132 valence electrons. The minimum absolute atomic E-state index is 0.0394. The fraction of sp³-hybridized carbons (Fsp3) is 0.600. The van der Waals surface area contributed by atoms with Crippen LogP contribution in [-0.4, -0.2) is 30.0 Å². The topological polar surface area (TPSA) is 38.7 Å². The average Bonchev–Trinajstić information content (AvgIpc) is 2.68. The van der Waals surface area contributed by atoms with Crippen molar-refractivity contribution in [2.75, 3.05) is 6.61 Å². The third kappa shape index (κ3) is 4.11. The first-order valence-electron chi connectivity index (χ1n) is 8.84. The van der Waals surface area contributed by atoms with E-state index in [-0.39, 0.29) is 36.7 Å². The molecule has 0 aromatic carbocycles. The van der Waals surface area contributed by atoms with Gasteiger partial charge >= 0.3 is 7.12 Å². The molecule has 2 unspecified atom stereocenters. The summed E-state index contributed by atoms with van der Waals surface area (Å²) in [5, 5.41) is 10.0. The Balaban J connectivity index is 2.37. The fourth-order valence-electron chi connectivity index (χ4n) is 3.03. The van der Waals surface area contributed by atoms with Gasteiger partial charge in [0.15, 0.2) is 0 Å². The van der Waals surface area contributed by atoms with Gasteiger partial charge in [0.05, 0.1) is 11.2 Å². The van der Waals surface area contributed by atoms with Crippen molar-refractivity contribution in [1.82, 2.24) is 0 Å². The number of allylic oxidation sites excluding steroid dienone is 7. The first kappa shape index (κ1) is 19.2. The summed E-state index contributed by atoms with van der Waals surface area (Å²) in [6.07, 6.45) is 14.7. The van der Waals surface area contributed by atoms with Gasteiger partial charge < -0.3 is 14.4 Å². The number of aliphatic hydroxyl groups excluding tert-OH is 1. The average molecular weight is 330 g/mol. The van der Waals surface area contributed by atoms with Gasteiger partial charge in [-0.3, -0.25) is 0 Å². The van der Waals surface area contributed by atoms with Crippen molar-refractivity contribution < 1.29 is 14.4 Å². The molecule has 0 aromatic rings. The molecule has 1 fully saturated rings. The van der Waals surface area contributed by atoms with Gasteiger partial charge in [-0.2, -0.15) is 0 Å². The summed E-state index contributed by atoms with van der Waals surface area (Å²) in [5.74, 6) is 0.292. The number of hydrogen-bond donors (Lipinski definition) is 1. The second kappa shape index (κ2) is 7.43. The predicted octanol–water partition coefficient (Wildman–Crippen LogP) is 4.32. The van der Waals surface area contributed by atoms with Crippen molar-refractivity contribution in [2.45, 2.75) is 58.6 Å². The van der Waals surface area contributed by atoms with E-state index >= 15 is 0 Å². The molecule has 1 saturated heterocycles. The van der Waals surface area contributed by atoms with Gasteiger partial charge in [-0.15, -0.1) is 0 Å². The molecular formula is C20H31BO3. The van der Waals surface area contributed by atoms with Crippen LogP contribution in [0.5, 0.6) is 0 Å². The SMILES string of the molecule is CC1=C/C=C\C(C)/C=C\C=C/[C@H](B2OC(C)(C)C(C)(C)O2)C1CO. The summed E-state index contributed by atoms with van der Waals surface area (Å²) < 4.78 is 12.5. The van der Waals surface area contributed by atoms with Gasteiger partial charge in [-0.1, -0.05) is 55.0 Å². The highest BCUT2D eigenvalue weighted by molar-refractivity contribution is 6.48. The Morgan fingerprint density at radius 2 is 1.54 bits per heavy atom. The lowest BCUT2D eigenvalue weighted by Crippen LogP contribution is -2.41. The second-order valence-electron chi connectivity index (χ2n) is 7.92. The van der Waals surface area contributed by atoms with Crippen molar-refractivity contribution in [1.29, 1.82) is 0 Å². The summed E-state index contributed by atoms with van der Waals surface area (Å²) in [5.41, 5.74) is 0.381. The van der Waals surface area contributed by atoms with Crippen molar-refractivity contribution in [3.05, 3.63) is 48.1 Å². The molecule has 1 aliphatic heterocycles. The van der Waals surface area contributed by atoms with Crippen molar-refractivity contribution in [3.63, 3.8) is 0 Å². The second-order valence-corrected chi connectivity index (χ2v) is 7.92. The van der Waals surface area contributed by atoms with E-state index in [1.807, 2.05) is 6.08 Å². The Morgan fingerprint density at radius 3 is 2.12 bits per heavy atom. The molecule has 3 atom stereocenters. The van der Waals surface area contributed by atoms with Crippen LogP contribution in [0, 0.1) is 11.8 Å². The van der Waals surface area contributed by atoms with Crippen LogP contribution in [0.1, 0.15) is 41.5 Å². The van der Waals surface area contributed by atoms with Crippen LogP contribution >= 0.6 is 0 Å². The highest BCUT2D eigenvalue weighted by Gasteiger charge is 2.54. The molecule has 0 bridgehead atoms. The Labute approximate surface area is 147 Å². The fourth-order valence-corrected chi connectivity index (χ4v) is 3.03. The maximum Gasteiger partial charge on any atom is 0.465 e. The molecule has 1 aliphatic carbocycles. The first-order chi connectivity index (χ1) is 11.2. The predicted molar refractivity (Wildman–Crippen MR) is 101 cm³/mol. The van der Waals surface area contributed by atoms with E-state index in [1.165, 1.54) is 0 Å². The summed E-state index contributed by atoms with van der Waals surface area (Å²) in [6, 6.07) is 0. The van der Waals surface area contributed by atoms with E-state index < -0.39 is 0 Å². The highest BCUT2D eigenvalue weighted by Crippen LogP contribution is 2.43. The molecular weight excluding hydrogens is 299 g/mol. The number of hydrogen-bond acceptors (Lipinski definition) is 3. The lowest BCUT2D eigenvalue weighted by atomic mass is 9.63.